The molecule has 0 N–H and O–H groups in total. The third-order valence-electron chi connectivity index (χ3n) is 12.1. The van der Waals surface area contributed by atoms with E-state index < -0.39 is 23.6 Å². The van der Waals surface area contributed by atoms with Crippen LogP contribution in [0.3, 0.4) is 0 Å². The van der Waals surface area contributed by atoms with Crippen LogP contribution in [0.5, 0.6) is 6.01 Å². The smallest absolute Gasteiger partial charge is 0.319 e. The van der Waals surface area contributed by atoms with Gasteiger partial charge in [-0.15, -0.1) is 0 Å². The number of ether oxygens (including phenoxy) is 2. The van der Waals surface area contributed by atoms with Gasteiger partial charge >= 0.3 is 6.01 Å². The summed E-state index contributed by atoms with van der Waals surface area (Å²) in [6.45, 7) is 5.53. The topological polar surface area (TPSA) is 111 Å². The zero-order valence-corrected chi connectivity index (χ0v) is 30.6. The van der Waals surface area contributed by atoms with Gasteiger partial charge in [0.25, 0.3) is 0 Å². The summed E-state index contributed by atoms with van der Waals surface area (Å²) < 4.78 is 43.5. The first-order valence-corrected chi connectivity index (χ1v) is 19.2. The number of anilines is 1. The maximum absolute atomic E-state index is 16.9. The van der Waals surface area contributed by atoms with Gasteiger partial charge in [0.15, 0.2) is 5.82 Å². The highest BCUT2D eigenvalue weighted by molar-refractivity contribution is 6.36. The zero-order chi connectivity index (χ0) is 37.0. The molecule has 280 valence electrons. The molecule has 0 aliphatic carbocycles. The number of amides is 1. The van der Waals surface area contributed by atoms with E-state index in [1.165, 1.54) is 0 Å². The molecular weight excluding hydrogens is 714 g/mol. The van der Waals surface area contributed by atoms with Gasteiger partial charge in [-0.3, -0.25) is 19.6 Å². The molecule has 0 radical (unpaired) electrons. The average molecular weight is 755 g/mol. The fourth-order valence-electron chi connectivity index (χ4n) is 9.33. The van der Waals surface area contributed by atoms with Crippen molar-refractivity contribution in [2.75, 3.05) is 70.5 Å². The molecule has 7 heterocycles. The molecule has 2 aromatic carbocycles. The first kappa shape index (κ1) is 35.2. The molecule has 0 unspecified atom stereocenters. The molecule has 5 aliphatic rings. The Kier molecular flexibility index (Phi) is 9.33. The maximum Gasteiger partial charge on any atom is 0.319 e. The molecule has 0 saturated carbocycles. The summed E-state index contributed by atoms with van der Waals surface area (Å²) in [6.07, 6.45) is 6.35. The number of benzene rings is 2. The molecule has 4 aromatic rings. The monoisotopic (exact) mass is 754 g/mol. The molecule has 14 heteroatoms. The summed E-state index contributed by atoms with van der Waals surface area (Å²) in [7, 11) is 0. The minimum absolute atomic E-state index is 0.0211. The summed E-state index contributed by atoms with van der Waals surface area (Å²) in [6, 6.07) is 13.3. The molecular formula is C40H41ClF2N8O3. The molecule has 0 bridgehead atoms. The first-order valence-electron chi connectivity index (χ1n) is 18.8. The standard InChI is InChI=1S/C40H41ClF2N8O3/c41-31-8-2-6-25-5-1-7-29(34(25)31)36-35(43)37-30(18-45-36)38(47-39(46-37)54-24-40-11-4-14-50(40)20-27(42)17-40)49-15-16-51(28(21-49)10-12-44)33(52)9-3-13-48-19-26-22-53-23-32(26)48/h1-3,5-9,18,26-28,32H,4,10-11,13-17,19-24H2/b9-3+/t26-,27+,28-,32+,40-/m0/s1. The highest BCUT2D eigenvalue weighted by Gasteiger charge is 2.49. The molecule has 5 fully saturated rings. The van der Waals surface area contributed by atoms with Crippen molar-refractivity contribution < 1.29 is 23.0 Å². The molecule has 5 saturated heterocycles. The number of nitrogens with zero attached hydrogens (tertiary/aromatic N) is 8. The van der Waals surface area contributed by atoms with Crippen LogP contribution >= 0.6 is 11.6 Å². The van der Waals surface area contributed by atoms with Gasteiger partial charge in [-0.1, -0.05) is 48.0 Å². The molecule has 5 aliphatic heterocycles. The number of pyridine rings is 1. The number of alkyl halides is 1. The van der Waals surface area contributed by atoms with Gasteiger partial charge in [-0.2, -0.15) is 15.2 Å². The van der Waals surface area contributed by atoms with Gasteiger partial charge in [-0.25, -0.2) is 8.78 Å². The second-order valence-corrected chi connectivity index (χ2v) is 15.6. The highest BCUT2D eigenvalue weighted by atomic mass is 35.5. The lowest BCUT2D eigenvalue weighted by atomic mass is 9.92. The van der Waals surface area contributed by atoms with Crippen molar-refractivity contribution in [3.8, 4) is 23.3 Å². The molecule has 1 amide bonds. The number of carbonyl (C=O) groups excluding carboxylic acids is 1. The van der Waals surface area contributed by atoms with Crippen molar-refractivity contribution in [1.82, 2.24) is 29.7 Å². The van der Waals surface area contributed by atoms with Gasteiger partial charge in [0.2, 0.25) is 5.91 Å². The predicted molar refractivity (Wildman–Crippen MR) is 201 cm³/mol. The Labute approximate surface area is 317 Å². The van der Waals surface area contributed by atoms with Crippen LogP contribution in [0.4, 0.5) is 14.6 Å². The third kappa shape index (κ3) is 6.23. The van der Waals surface area contributed by atoms with Gasteiger partial charge < -0.3 is 19.3 Å². The van der Waals surface area contributed by atoms with Crippen LogP contribution in [0.25, 0.3) is 32.9 Å². The molecule has 0 spiro atoms. The van der Waals surface area contributed by atoms with E-state index in [-0.39, 0.29) is 42.7 Å². The van der Waals surface area contributed by atoms with Crippen LogP contribution in [0.2, 0.25) is 5.02 Å². The average Bonchev–Trinajstić information content (AvgIpc) is 3.83. The summed E-state index contributed by atoms with van der Waals surface area (Å²) in [5.74, 6) is 0.181. The molecule has 11 nitrogen and oxygen atoms in total. The fourth-order valence-corrected chi connectivity index (χ4v) is 9.62. The number of rotatable bonds is 9. The van der Waals surface area contributed by atoms with Crippen LogP contribution < -0.4 is 9.64 Å². The second kappa shape index (κ2) is 14.3. The van der Waals surface area contributed by atoms with E-state index in [1.54, 1.807) is 29.3 Å². The van der Waals surface area contributed by atoms with E-state index in [0.29, 0.717) is 71.7 Å². The number of hydrogen-bond acceptors (Lipinski definition) is 10. The molecule has 5 atom stereocenters. The van der Waals surface area contributed by atoms with Gasteiger partial charge in [0, 0.05) is 85.9 Å². The number of halogens is 3. The van der Waals surface area contributed by atoms with Gasteiger partial charge in [0.05, 0.1) is 42.7 Å². The van der Waals surface area contributed by atoms with Gasteiger partial charge in [0.1, 0.15) is 29.8 Å². The summed E-state index contributed by atoms with van der Waals surface area (Å²) in [4.78, 5) is 35.7. The number of likely N-dealkylation sites (tertiary alicyclic amines) is 1. The minimum Gasteiger partial charge on any atom is -0.461 e. The third-order valence-corrected chi connectivity index (χ3v) is 12.4. The van der Waals surface area contributed by atoms with Crippen LogP contribution in [0.1, 0.15) is 25.7 Å². The van der Waals surface area contributed by atoms with E-state index in [0.717, 1.165) is 44.5 Å². The summed E-state index contributed by atoms with van der Waals surface area (Å²) >= 11 is 6.64. The van der Waals surface area contributed by atoms with Crippen molar-refractivity contribution in [1.29, 1.82) is 5.26 Å². The highest BCUT2D eigenvalue weighted by Crippen LogP contribution is 2.41. The quantitative estimate of drug-likeness (QED) is 0.206. The zero-order valence-electron chi connectivity index (χ0n) is 29.8. The number of hydrogen-bond donors (Lipinski definition) is 0. The first-order chi connectivity index (χ1) is 26.3. The summed E-state index contributed by atoms with van der Waals surface area (Å²) in [5.41, 5.74) is 0.186. The number of nitriles is 1. The lowest BCUT2D eigenvalue weighted by Crippen LogP contribution is -2.55. The lowest BCUT2D eigenvalue weighted by Gasteiger charge is -2.42. The Hall–Kier alpha value is -4.48. The van der Waals surface area contributed by atoms with E-state index in [2.05, 4.69) is 25.8 Å². The Morgan fingerprint density at radius 1 is 1.13 bits per heavy atom. The van der Waals surface area contributed by atoms with Crippen LogP contribution in [-0.4, -0.2) is 125 Å². The lowest BCUT2D eigenvalue weighted by molar-refractivity contribution is -0.128. The summed E-state index contributed by atoms with van der Waals surface area (Å²) in [5, 5.41) is 12.2. The normalized spacial score (nSPS) is 27.1. The van der Waals surface area contributed by atoms with Crippen LogP contribution in [-0.2, 0) is 9.53 Å². The Morgan fingerprint density at radius 3 is 2.85 bits per heavy atom. The molecule has 9 rings (SSSR count). The van der Waals surface area contributed by atoms with Crippen molar-refractivity contribution in [2.24, 2.45) is 5.92 Å². The number of carbonyl (C=O) groups is 1. The van der Waals surface area contributed by atoms with Gasteiger partial charge in [-0.05, 0) is 30.8 Å². The van der Waals surface area contributed by atoms with E-state index in [9.17, 15) is 14.4 Å². The van der Waals surface area contributed by atoms with Crippen molar-refractivity contribution in [3.63, 3.8) is 0 Å². The molecule has 54 heavy (non-hydrogen) atoms. The van der Waals surface area contributed by atoms with E-state index >= 15 is 4.39 Å². The maximum atomic E-state index is 16.9. The number of piperazine rings is 1. The largest absolute Gasteiger partial charge is 0.461 e. The van der Waals surface area contributed by atoms with Crippen LogP contribution in [0, 0.1) is 23.1 Å². The Bertz CT molecular complexity index is 2180. The fraction of sp³-hybridized carbons (Fsp3) is 0.475. The Morgan fingerprint density at radius 2 is 2.00 bits per heavy atom. The van der Waals surface area contributed by atoms with Crippen molar-refractivity contribution >= 4 is 45.0 Å². The minimum atomic E-state index is -0.934. The second-order valence-electron chi connectivity index (χ2n) is 15.2. The Balaban J connectivity index is 1.04. The number of aromatic nitrogens is 3. The van der Waals surface area contributed by atoms with E-state index in [1.807, 2.05) is 35.2 Å². The van der Waals surface area contributed by atoms with Crippen molar-refractivity contribution in [3.05, 3.63) is 65.6 Å². The van der Waals surface area contributed by atoms with Crippen LogP contribution in [0.15, 0.2) is 54.7 Å². The predicted octanol–water partition coefficient (Wildman–Crippen LogP) is 5.41. The number of fused-ring (bicyclic) bond motifs is 4. The SMILES string of the molecule is N#CC[C@H]1CN(c2nc(OC[C@@]34CCCN3C[C@H](F)C4)nc3c(F)c(-c4cccc5cccc(Cl)c45)ncc23)CCN1C(=O)/C=C/CN1C[C@H]2COC[C@H]21. The molecule has 2 aromatic heterocycles. The van der Waals surface area contributed by atoms with E-state index in [4.69, 9.17) is 26.1 Å². The van der Waals surface area contributed by atoms with Crippen molar-refractivity contribution in [2.45, 2.75) is 49.5 Å².